The zero-order valence-corrected chi connectivity index (χ0v) is 21.9. The van der Waals surface area contributed by atoms with Crippen molar-refractivity contribution in [3.63, 3.8) is 0 Å². The zero-order valence-electron chi connectivity index (χ0n) is 20.3. The van der Waals surface area contributed by atoms with Crippen LogP contribution >= 0.6 is 11.3 Å². The number of fused-ring (bicyclic) bond motifs is 1. The largest absolute Gasteiger partial charge is 0.309 e. The minimum atomic E-state index is -3.91. The fraction of sp³-hybridized carbons (Fsp3) is 0.360. The summed E-state index contributed by atoms with van der Waals surface area (Å²) in [6.45, 7) is 1.26. The van der Waals surface area contributed by atoms with E-state index in [0.717, 1.165) is 27.5 Å². The van der Waals surface area contributed by atoms with E-state index in [0.29, 0.717) is 17.2 Å². The Bertz CT molecular complexity index is 1320. The van der Waals surface area contributed by atoms with Crippen LogP contribution in [0.1, 0.15) is 29.6 Å². The number of carbonyl (C=O) groups excluding carboxylic acids is 1. The average molecular weight is 525 g/mol. The summed E-state index contributed by atoms with van der Waals surface area (Å²) in [5, 5.41) is 18.3. The molecule has 3 rings (SSSR count). The van der Waals surface area contributed by atoms with Gasteiger partial charge in [-0.3, -0.25) is 9.69 Å². The Morgan fingerprint density at radius 1 is 0.944 bits per heavy atom. The van der Waals surface area contributed by atoms with Gasteiger partial charge in [-0.25, -0.2) is 13.4 Å². The summed E-state index contributed by atoms with van der Waals surface area (Å²) in [5.74, 6) is -0.262. The van der Waals surface area contributed by atoms with Crippen molar-refractivity contribution in [1.29, 1.82) is 10.5 Å². The summed E-state index contributed by atoms with van der Waals surface area (Å²) < 4.78 is 28.3. The molecule has 0 saturated heterocycles. The standard InChI is InChI=1S/C25H28N6O3S2/c1-29(2)16-7-19-31(25-28-22-8-3-4-9-23(22)35-25)24(32)20-10-12-21(13-11-20)36(33,34)30(17-5-14-26)18-6-15-27/h3-4,8-13H,5-7,16-19H2,1-2H3. The van der Waals surface area contributed by atoms with Crippen LogP contribution in [0.5, 0.6) is 0 Å². The first kappa shape index (κ1) is 27.2. The minimum Gasteiger partial charge on any atom is -0.309 e. The topological polar surface area (TPSA) is 121 Å². The lowest BCUT2D eigenvalue weighted by molar-refractivity contribution is 0.0986. The predicted molar refractivity (Wildman–Crippen MR) is 140 cm³/mol. The number of benzene rings is 2. The van der Waals surface area contributed by atoms with Gasteiger partial charge in [0, 0.05) is 38.0 Å². The van der Waals surface area contributed by atoms with E-state index in [-0.39, 0.29) is 36.7 Å². The average Bonchev–Trinajstić information content (AvgIpc) is 3.30. The van der Waals surface area contributed by atoms with Crippen molar-refractivity contribution in [2.45, 2.75) is 24.2 Å². The second-order valence-corrected chi connectivity index (χ2v) is 11.3. The van der Waals surface area contributed by atoms with Crippen molar-refractivity contribution < 1.29 is 13.2 Å². The Hall–Kier alpha value is -3.35. The number of sulfonamides is 1. The molecule has 11 heteroatoms. The van der Waals surface area contributed by atoms with Crippen molar-refractivity contribution in [3.8, 4) is 12.1 Å². The van der Waals surface area contributed by atoms with Gasteiger partial charge >= 0.3 is 0 Å². The van der Waals surface area contributed by atoms with Gasteiger partial charge in [-0.05, 0) is 63.5 Å². The van der Waals surface area contributed by atoms with Crippen LogP contribution in [0.2, 0.25) is 0 Å². The molecule has 3 aromatic rings. The Labute approximate surface area is 215 Å². The van der Waals surface area contributed by atoms with Gasteiger partial charge in [-0.15, -0.1) is 0 Å². The maximum atomic E-state index is 13.5. The van der Waals surface area contributed by atoms with E-state index < -0.39 is 10.0 Å². The molecule has 0 N–H and O–H groups in total. The molecule has 0 radical (unpaired) electrons. The lowest BCUT2D eigenvalue weighted by atomic mass is 10.2. The number of para-hydroxylation sites is 1. The predicted octanol–water partition coefficient (Wildman–Crippen LogP) is 3.71. The molecular weight excluding hydrogens is 496 g/mol. The molecule has 0 bridgehead atoms. The van der Waals surface area contributed by atoms with Gasteiger partial charge in [0.2, 0.25) is 10.0 Å². The third-order valence-corrected chi connectivity index (χ3v) is 8.40. The van der Waals surface area contributed by atoms with Crippen LogP contribution in [0.3, 0.4) is 0 Å². The molecule has 0 fully saturated rings. The molecule has 1 amide bonds. The number of anilines is 1. The number of aromatic nitrogens is 1. The fourth-order valence-electron chi connectivity index (χ4n) is 3.58. The van der Waals surface area contributed by atoms with Gasteiger partial charge in [-0.2, -0.15) is 14.8 Å². The molecule has 0 aliphatic carbocycles. The molecule has 36 heavy (non-hydrogen) atoms. The third-order valence-electron chi connectivity index (χ3n) is 5.43. The summed E-state index contributed by atoms with van der Waals surface area (Å²) in [5.41, 5.74) is 1.16. The monoisotopic (exact) mass is 524 g/mol. The van der Waals surface area contributed by atoms with E-state index in [9.17, 15) is 13.2 Å². The number of hydrogen-bond acceptors (Lipinski definition) is 8. The highest BCUT2D eigenvalue weighted by atomic mass is 32.2. The first-order valence-corrected chi connectivity index (χ1v) is 13.7. The number of nitriles is 2. The van der Waals surface area contributed by atoms with Crippen LogP contribution in [-0.4, -0.2) is 68.8 Å². The minimum absolute atomic E-state index is 0.00153. The van der Waals surface area contributed by atoms with Crippen molar-refractivity contribution in [3.05, 3.63) is 54.1 Å². The maximum Gasteiger partial charge on any atom is 0.260 e. The van der Waals surface area contributed by atoms with E-state index in [4.69, 9.17) is 10.5 Å². The second-order valence-electron chi connectivity index (χ2n) is 8.32. The molecule has 0 aliphatic heterocycles. The molecule has 188 valence electrons. The zero-order chi connectivity index (χ0) is 26.1. The Morgan fingerprint density at radius 3 is 2.17 bits per heavy atom. The van der Waals surface area contributed by atoms with Gasteiger partial charge < -0.3 is 4.90 Å². The first-order valence-electron chi connectivity index (χ1n) is 11.4. The molecule has 1 heterocycles. The summed E-state index contributed by atoms with van der Waals surface area (Å²) in [6, 6.07) is 17.3. The van der Waals surface area contributed by atoms with Crippen molar-refractivity contribution in [2.24, 2.45) is 0 Å². The highest BCUT2D eigenvalue weighted by molar-refractivity contribution is 7.89. The first-order chi connectivity index (χ1) is 17.3. The van der Waals surface area contributed by atoms with E-state index >= 15 is 0 Å². The van der Waals surface area contributed by atoms with E-state index in [2.05, 4.69) is 4.98 Å². The van der Waals surface area contributed by atoms with Crippen molar-refractivity contribution in [2.75, 3.05) is 45.2 Å². The Kier molecular flexibility index (Phi) is 9.51. The Balaban J connectivity index is 1.87. The highest BCUT2D eigenvalue weighted by Gasteiger charge is 2.26. The lowest BCUT2D eigenvalue weighted by Crippen LogP contribution is -2.34. The van der Waals surface area contributed by atoms with E-state index in [1.807, 2.05) is 55.4 Å². The molecule has 0 unspecified atom stereocenters. The maximum absolute atomic E-state index is 13.5. The molecule has 0 saturated carbocycles. The van der Waals surface area contributed by atoms with Gasteiger partial charge in [0.1, 0.15) is 0 Å². The molecule has 0 atom stereocenters. The van der Waals surface area contributed by atoms with Gasteiger partial charge in [0.05, 0.1) is 27.3 Å². The highest BCUT2D eigenvalue weighted by Crippen LogP contribution is 2.30. The molecule has 2 aromatic carbocycles. The number of hydrogen-bond donors (Lipinski definition) is 0. The molecular formula is C25H28N6O3S2. The fourth-order valence-corrected chi connectivity index (χ4v) is 6.01. The van der Waals surface area contributed by atoms with Crippen LogP contribution in [-0.2, 0) is 10.0 Å². The van der Waals surface area contributed by atoms with Crippen LogP contribution in [0.25, 0.3) is 10.2 Å². The lowest BCUT2D eigenvalue weighted by Gasteiger charge is -2.22. The number of nitrogens with zero attached hydrogens (tertiary/aromatic N) is 6. The van der Waals surface area contributed by atoms with Crippen LogP contribution in [0, 0.1) is 22.7 Å². The van der Waals surface area contributed by atoms with Gasteiger partial charge in [-0.1, -0.05) is 23.5 Å². The number of carbonyl (C=O) groups is 1. The molecule has 0 aliphatic rings. The molecule has 1 aromatic heterocycles. The summed E-state index contributed by atoms with van der Waals surface area (Å²) in [7, 11) is 0.0325. The SMILES string of the molecule is CN(C)CCCN(C(=O)c1ccc(S(=O)(=O)N(CCC#N)CCC#N)cc1)c1nc2ccccc2s1. The summed E-state index contributed by atoms with van der Waals surface area (Å²) >= 11 is 1.44. The van der Waals surface area contributed by atoms with Crippen molar-refractivity contribution in [1.82, 2.24) is 14.2 Å². The van der Waals surface area contributed by atoms with Crippen molar-refractivity contribution >= 4 is 42.6 Å². The summed E-state index contributed by atoms with van der Waals surface area (Å²) in [4.78, 5) is 21.9. The van der Waals surface area contributed by atoms with Gasteiger partial charge in [0.25, 0.3) is 5.91 Å². The van der Waals surface area contributed by atoms with E-state index in [1.54, 1.807) is 4.90 Å². The van der Waals surface area contributed by atoms with Crippen LogP contribution in [0.15, 0.2) is 53.4 Å². The summed E-state index contributed by atoms with van der Waals surface area (Å²) in [6.07, 6.45) is 0.782. The van der Waals surface area contributed by atoms with E-state index in [1.165, 1.54) is 35.6 Å². The second kappa shape index (κ2) is 12.6. The number of amides is 1. The third kappa shape index (κ3) is 6.65. The quantitative estimate of drug-likeness (QED) is 0.354. The van der Waals surface area contributed by atoms with Crippen LogP contribution in [0.4, 0.5) is 5.13 Å². The van der Waals surface area contributed by atoms with Crippen LogP contribution < -0.4 is 4.90 Å². The Morgan fingerprint density at radius 2 is 1.58 bits per heavy atom. The smallest absolute Gasteiger partial charge is 0.260 e. The molecule has 9 nitrogen and oxygen atoms in total. The molecule has 0 spiro atoms. The number of thiazole rings is 1. The van der Waals surface area contributed by atoms with Gasteiger partial charge in [0.15, 0.2) is 5.13 Å². The number of rotatable bonds is 12. The normalized spacial score (nSPS) is 11.5.